The molecule has 0 radical (unpaired) electrons. The highest BCUT2D eigenvalue weighted by atomic mass is 15.4. The maximum Gasteiger partial charge on any atom is 0.254 e. The average molecular weight is 323 g/mol. The number of aryl methyl sites for hydroxylation is 1. The number of anilines is 1. The highest BCUT2D eigenvalue weighted by Gasteiger charge is 2.15. The summed E-state index contributed by atoms with van der Waals surface area (Å²) in [4.78, 5) is 9.10. The summed E-state index contributed by atoms with van der Waals surface area (Å²) in [5, 5.41) is 8.05. The molecule has 0 spiro atoms. The molecule has 126 valence electrons. The maximum atomic E-state index is 4.65. The van der Waals surface area contributed by atoms with E-state index in [1.807, 2.05) is 13.0 Å². The van der Waals surface area contributed by atoms with Gasteiger partial charge in [0.2, 0.25) is 0 Å². The second-order valence-electron chi connectivity index (χ2n) is 7.56. The first-order valence-corrected chi connectivity index (χ1v) is 8.36. The van der Waals surface area contributed by atoms with Crippen molar-refractivity contribution in [2.24, 2.45) is 0 Å². The van der Waals surface area contributed by atoms with Gasteiger partial charge in [-0.1, -0.05) is 45.0 Å². The molecule has 3 rings (SSSR count). The van der Waals surface area contributed by atoms with E-state index in [9.17, 15) is 0 Å². The van der Waals surface area contributed by atoms with Gasteiger partial charge in [-0.25, -0.2) is 4.98 Å². The molecule has 24 heavy (non-hydrogen) atoms. The summed E-state index contributed by atoms with van der Waals surface area (Å²) in [6.07, 6.45) is 0. The van der Waals surface area contributed by atoms with Crippen LogP contribution < -0.4 is 5.32 Å². The number of fused-ring (bicyclic) bond motifs is 1. The predicted octanol–water partition coefficient (Wildman–Crippen LogP) is 4.22. The fourth-order valence-electron chi connectivity index (χ4n) is 2.63. The third kappa shape index (κ3) is 3.25. The third-order valence-corrected chi connectivity index (χ3v) is 3.89. The highest BCUT2D eigenvalue weighted by molar-refractivity contribution is 5.59. The first-order chi connectivity index (χ1) is 11.2. The maximum absolute atomic E-state index is 4.65. The van der Waals surface area contributed by atoms with Gasteiger partial charge in [0.25, 0.3) is 5.78 Å². The van der Waals surface area contributed by atoms with Gasteiger partial charge in [0.1, 0.15) is 5.82 Å². The minimum atomic E-state index is 0.137. The first kappa shape index (κ1) is 16.4. The number of hydrogen-bond donors (Lipinski definition) is 1. The van der Waals surface area contributed by atoms with Gasteiger partial charge in [-0.05, 0) is 31.7 Å². The molecule has 2 aromatic heterocycles. The summed E-state index contributed by atoms with van der Waals surface area (Å²) in [5.41, 5.74) is 3.36. The van der Waals surface area contributed by atoms with Crippen LogP contribution >= 0.6 is 0 Å². The van der Waals surface area contributed by atoms with Crippen LogP contribution in [0.5, 0.6) is 0 Å². The van der Waals surface area contributed by atoms with E-state index in [0.29, 0.717) is 17.6 Å². The molecule has 0 bridgehead atoms. The zero-order valence-corrected chi connectivity index (χ0v) is 15.3. The van der Waals surface area contributed by atoms with Crippen LogP contribution in [0, 0.1) is 6.92 Å². The van der Waals surface area contributed by atoms with Crippen molar-refractivity contribution in [2.45, 2.75) is 53.0 Å². The molecule has 3 aromatic rings. The molecule has 0 unspecified atom stereocenters. The first-order valence-electron chi connectivity index (χ1n) is 8.36. The summed E-state index contributed by atoms with van der Waals surface area (Å²) in [6.45, 7) is 12.8. The van der Waals surface area contributed by atoms with Crippen molar-refractivity contribution in [3.05, 3.63) is 41.6 Å². The molecule has 0 aliphatic carbocycles. The van der Waals surface area contributed by atoms with Gasteiger partial charge in [-0.3, -0.25) is 0 Å². The van der Waals surface area contributed by atoms with Gasteiger partial charge in [0.15, 0.2) is 5.82 Å². The third-order valence-electron chi connectivity index (χ3n) is 3.89. The Balaban J connectivity index is 2.04. The van der Waals surface area contributed by atoms with Gasteiger partial charge in [-0.15, -0.1) is 5.10 Å². The van der Waals surface area contributed by atoms with Crippen LogP contribution in [0.2, 0.25) is 0 Å². The molecule has 0 atom stereocenters. The van der Waals surface area contributed by atoms with E-state index >= 15 is 0 Å². The monoisotopic (exact) mass is 323 g/mol. The van der Waals surface area contributed by atoms with Crippen LogP contribution in [0.3, 0.4) is 0 Å². The van der Waals surface area contributed by atoms with Crippen molar-refractivity contribution in [1.29, 1.82) is 0 Å². The van der Waals surface area contributed by atoms with Crippen LogP contribution in [-0.4, -0.2) is 25.6 Å². The fourth-order valence-corrected chi connectivity index (χ4v) is 2.63. The van der Waals surface area contributed by atoms with Crippen molar-refractivity contribution < 1.29 is 0 Å². The van der Waals surface area contributed by atoms with E-state index in [1.165, 1.54) is 5.56 Å². The second-order valence-corrected chi connectivity index (χ2v) is 7.56. The molecule has 0 saturated carbocycles. The Morgan fingerprint density at radius 1 is 1.04 bits per heavy atom. The van der Waals surface area contributed by atoms with Crippen molar-refractivity contribution in [3.8, 4) is 11.4 Å². The molecule has 0 saturated heterocycles. The quantitative estimate of drug-likeness (QED) is 0.784. The zero-order chi connectivity index (χ0) is 17.5. The van der Waals surface area contributed by atoms with Crippen LogP contribution in [0.1, 0.15) is 45.9 Å². The summed E-state index contributed by atoms with van der Waals surface area (Å²) >= 11 is 0. The number of hydrogen-bond acceptors (Lipinski definition) is 4. The van der Waals surface area contributed by atoms with Crippen LogP contribution in [0.4, 0.5) is 5.82 Å². The molecule has 0 aliphatic rings. The number of benzene rings is 1. The van der Waals surface area contributed by atoms with Gasteiger partial charge in [-0.2, -0.15) is 9.50 Å². The Hall–Kier alpha value is -2.43. The van der Waals surface area contributed by atoms with Gasteiger partial charge >= 0.3 is 0 Å². The number of nitrogens with zero attached hydrogens (tertiary/aromatic N) is 4. The fraction of sp³-hybridized carbons (Fsp3) is 0.421. The van der Waals surface area contributed by atoms with Crippen molar-refractivity contribution >= 4 is 11.6 Å². The minimum Gasteiger partial charge on any atom is -0.368 e. The summed E-state index contributed by atoms with van der Waals surface area (Å²) < 4.78 is 1.78. The second kappa shape index (κ2) is 5.89. The molecule has 5 heteroatoms. The molecular weight excluding hydrogens is 298 g/mol. The van der Waals surface area contributed by atoms with Crippen LogP contribution in [0.15, 0.2) is 30.3 Å². The van der Waals surface area contributed by atoms with E-state index in [-0.39, 0.29) is 5.41 Å². The normalized spacial score (nSPS) is 12.1. The molecule has 0 amide bonds. The Morgan fingerprint density at radius 3 is 2.29 bits per heavy atom. The molecular formula is C19H25N5. The lowest BCUT2D eigenvalue weighted by atomic mass is 9.87. The average Bonchev–Trinajstić information content (AvgIpc) is 2.90. The van der Waals surface area contributed by atoms with Gasteiger partial charge in [0.05, 0.1) is 0 Å². The SMILES string of the molecule is Cc1cc(NC(C)C)n2nc(-c3ccc(C(C)(C)C)cc3)nc2n1. The topological polar surface area (TPSA) is 55.1 Å². The van der Waals surface area contributed by atoms with Crippen LogP contribution in [-0.2, 0) is 5.41 Å². The molecule has 2 heterocycles. The minimum absolute atomic E-state index is 0.137. The standard InChI is InChI=1S/C19H25N5/c1-12(2)20-16-11-13(3)21-18-22-17(23-24(16)18)14-7-9-15(10-8-14)19(4,5)6/h7-12,20H,1-6H3. The van der Waals surface area contributed by atoms with E-state index in [1.54, 1.807) is 4.52 Å². The van der Waals surface area contributed by atoms with Crippen LogP contribution in [0.25, 0.3) is 17.2 Å². The Bertz CT molecular complexity index is 854. The Kier molecular flexibility index (Phi) is 4.03. The molecule has 1 aromatic carbocycles. The molecule has 5 nitrogen and oxygen atoms in total. The van der Waals surface area contributed by atoms with Crippen molar-refractivity contribution in [3.63, 3.8) is 0 Å². The summed E-state index contributed by atoms with van der Waals surface area (Å²) in [5.74, 6) is 2.23. The van der Waals surface area contributed by atoms with E-state index in [4.69, 9.17) is 0 Å². The van der Waals surface area contributed by atoms with Gasteiger partial charge < -0.3 is 5.32 Å². The lowest BCUT2D eigenvalue weighted by Crippen LogP contribution is -2.14. The van der Waals surface area contributed by atoms with Crippen molar-refractivity contribution in [1.82, 2.24) is 19.6 Å². The summed E-state index contributed by atoms with van der Waals surface area (Å²) in [6, 6.07) is 10.8. The summed E-state index contributed by atoms with van der Waals surface area (Å²) in [7, 11) is 0. The molecule has 1 N–H and O–H groups in total. The Labute approximate surface area is 143 Å². The number of rotatable bonds is 3. The molecule has 0 fully saturated rings. The van der Waals surface area contributed by atoms with E-state index < -0.39 is 0 Å². The van der Waals surface area contributed by atoms with Gasteiger partial charge in [0, 0.05) is 23.4 Å². The van der Waals surface area contributed by atoms with Crippen molar-refractivity contribution in [2.75, 3.05) is 5.32 Å². The highest BCUT2D eigenvalue weighted by Crippen LogP contribution is 2.25. The number of aromatic nitrogens is 4. The van der Waals surface area contributed by atoms with E-state index in [0.717, 1.165) is 17.1 Å². The van der Waals surface area contributed by atoms with E-state index in [2.05, 4.69) is 79.3 Å². The number of nitrogens with one attached hydrogen (secondary N) is 1. The lowest BCUT2D eigenvalue weighted by Gasteiger charge is -2.18. The lowest BCUT2D eigenvalue weighted by molar-refractivity contribution is 0.590. The molecule has 0 aliphatic heterocycles. The smallest absolute Gasteiger partial charge is 0.254 e. The largest absolute Gasteiger partial charge is 0.368 e. The Morgan fingerprint density at radius 2 is 1.71 bits per heavy atom. The predicted molar refractivity (Wildman–Crippen MR) is 98.4 cm³/mol. The zero-order valence-electron chi connectivity index (χ0n) is 15.3.